The summed E-state index contributed by atoms with van der Waals surface area (Å²) in [6.45, 7) is 2.82. The number of halogens is 3. The second-order valence-electron chi connectivity index (χ2n) is 6.13. The maximum atomic E-state index is 12.6. The first-order chi connectivity index (χ1) is 9.00. The number of hydrogen-bond acceptors (Lipinski definition) is 2. The molecule has 1 unspecified atom stereocenters. The summed E-state index contributed by atoms with van der Waals surface area (Å²) in [4.78, 5) is 2.43. The van der Waals surface area contributed by atoms with Crippen LogP contribution in [0, 0.1) is 11.8 Å². The topological polar surface area (TPSA) is 29.3 Å². The summed E-state index contributed by atoms with van der Waals surface area (Å²) in [6, 6.07) is 0.374. The van der Waals surface area contributed by atoms with E-state index in [0.29, 0.717) is 37.6 Å². The fraction of sp³-hybridized carbons (Fsp3) is 1.00. The summed E-state index contributed by atoms with van der Waals surface area (Å²) in [6.07, 6.45) is 1.50. The molecule has 0 amide bonds. The van der Waals surface area contributed by atoms with Crippen molar-refractivity contribution in [2.75, 3.05) is 19.6 Å². The van der Waals surface area contributed by atoms with Crippen LogP contribution < -0.4 is 5.73 Å². The molecule has 19 heavy (non-hydrogen) atoms. The highest BCUT2D eigenvalue weighted by atomic mass is 19.4. The number of nitrogens with two attached hydrogens (primary N) is 1. The van der Waals surface area contributed by atoms with Gasteiger partial charge in [0.05, 0.1) is 5.92 Å². The number of rotatable bonds is 3. The molecule has 2 fully saturated rings. The average molecular weight is 278 g/mol. The van der Waals surface area contributed by atoms with Gasteiger partial charge in [-0.3, -0.25) is 0 Å². The van der Waals surface area contributed by atoms with E-state index in [2.05, 4.69) is 4.90 Å². The van der Waals surface area contributed by atoms with E-state index in [1.807, 2.05) is 0 Å². The van der Waals surface area contributed by atoms with Gasteiger partial charge in [-0.1, -0.05) is 0 Å². The van der Waals surface area contributed by atoms with Crippen LogP contribution in [0.4, 0.5) is 13.2 Å². The van der Waals surface area contributed by atoms with Crippen molar-refractivity contribution in [1.82, 2.24) is 4.90 Å². The Morgan fingerprint density at radius 1 is 1.05 bits per heavy atom. The van der Waals surface area contributed by atoms with Crippen LogP contribution in [0.3, 0.4) is 0 Å². The Morgan fingerprint density at radius 2 is 1.74 bits per heavy atom. The van der Waals surface area contributed by atoms with Crippen molar-refractivity contribution in [3.8, 4) is 0 Å². The van der Waals surface area contributed by atoms with Gasteiger partial charge in [-0.15, -0.1) is 0 Å². The summed E-state index contributed by atoms with van der Waals surface area (Å²) in [5, 5.41) is 0. The van der Waals surface area contributed by atoms with E-state index in [-0.39, 0.29) is 0 Å². The molecule has 5 heteroatoms. The van der Waals surface area contributed by atoms with Gasteiger partial charge < -0.3 is 10.6 Å². The predicted octanol–water partition coefficient (Wildman–Crippen LogP) is 3.17. The number of nitrogens with zero attached hydrogens (tertiary/aromatic N) is 1. The van der Waals surface area contributed by atoms with E-state index in [4.69, 9.17) is 5.73 Å². The Kier molecular flexibility index (Phi) is 5.12. The van der Waals surface area contributed by atoms with Gasteiger partial charge in [0.25, 0.3) is 0 Å². The Hall–Kier alpha value is -0.290. The van der Waals surface area contributed by atoms with Gasteiger partial charge in [0.2, 0.25) is 0 Å². The van der Waals surface area contributed by atoms with E-state index >= 15 is 0 Å². The van der Waals surface area contributed by atoms with Crippen molar-refractivity contribution in [3.63, 3.8) is 0 Å². The van der Waals surface area contributed by atoms with Crippen molar-refractivity contribution in [3.05, 3.63) is 0 Å². The van der Waals surface area contributed by atoms with Gasteiger partial charge in [0.15, 0.2) is 0 Å². The maximum Gasteiger partial charge on any atom is 0.391 e. The van der Waals surface area contributed by atoms with Crippen molar-refractivity contribution in [1.29, 1.82) is 0 Å². The van der Waals surface area contributed by atoms with Crippen molar-refractivity contribution < 1.29 is 13.2 Å². The molecule has 0 aromatic heterocycles. The average Bonchev–Trinajstić information content (AvgIpc) is 2.39. The molecule has 0 radical (unpaired) electrons. The first-order valence-corrected chi connectivity index (χ1v) is 7.51. The molecule has 2 rings (SSSR count). The largest absolute Gasteiger partial charge is 0.391 e. The fourth-order valence-electron chi connectivity index (χ4n) is 3.67. The van der Waals surface area contributed by atoms with Gasteiger partial charge in [-0.05, 0) is 64.0 Å². The lowest BCUT2D eigenvalue weighted by Gasteiger charge is -2.41. The second-order valence-corrected chi connectivity index (χ2v) is 6.13. The van der Waals surface area contributed by atoms with Crippen LogP contribution in [0.25, 0.3) is 0 Å². The minimum absolute atomic E-state index is 0.312. The molecular formula is C14H25F3N2. The van der Waals surface area contributed by atoms with E-state index in [9.17, 15) is 13.2 Å². The number of hydrogen-bond donors (Lipinski definition) is 1. The molecule has 1 aliphatic carbocycles. The zero-order chi connectivity index (χ0) is 13.9. The lowest BCUT2D eigenvalue weighted by molar-refractivity contribution is -0.184. The summed E-state index contributed by atoms with van der Waals surface area (Å²) >= 11 is 0. The summed E-state index contributed by atoms with van der Waals surface area (Å²) in [5.74, 6) is -0.410. The Bertz CT molecular complexity index is 270. The first-order valence-electron chi connectivity index (χ1n) is 7.51. The molecule has 0 bridgehead atoms. The molecule has 1 aliphatic heterocycles. The highest BCUT2D eigenvalue weighted by molar-refractivity contribution is 4.85. The highest BCUT2D eigenvalue weighted by Gasteiger charge is 2.42. The number of likely N-dealkylation sites (tertiary alicyclic amines) is 1. The second kappa shape index (κ2) is 6.44. The third-order valence-electron chi connectivity index (χ3n) is 4.80. The molecule has 1 heterocycles. The molecule has 0 aromatic rings. The quantitative estimate of drug-likeness (QED) is 0.859. The normalized spacial score (nSPS) is 34.4. The zero-order valence-corrected chi connectivity index (χ0v) is 11.5. The molecule has 2 N–H and O–H groups in total. The first kappa shape index (κ1) is 15.1. The summed E-state index contributed by atoms with van der Waals surface area (Å²) < 4.78 is 37.9. The van der Waals surface area contributed by atoms with Crippen LogP contribution in [-0.2, 0) is 0 Å². The van der Waals surface area contributed by atoms with Crippen LogP contribution >= 0.6 is 0 Å². The van der Waals surface area contributed by atoms with Crippen LogP contribution in [0.1, 0.15) is 44.9 Å². The van der Waals surface area contributed by atoms with Crippen molar-refractivity contribution in [2.45, 2.75) is 57.2 Å². The zero-order valence-electron chi connectivity index (χ0n) is 11.5. The molecule has 1 atom stereocenters. The fourth-order valence-corrected chi connectivity index (χ4v) is 3.67. The van der Waals surface area contributed by atoms with Crippen molar-refractivity contribution >= 4 is 0 Å². The molecule has 112 valence electrons. The van der Waals surface area contributed by atoms with E-state index in [1.165, 1.54) is 12.8 Å². The highest BCUT2D eigenvalue weighted by Crippen LogP contribution is 2.39. The van der Waals surface area contributed by atoms with Gasteiger partial charge >= 0.3 is 6.18 Å². The van der Waals surface area contributed by atoms with Crippen molar-refractivity contribution in [2.24, 2.45) is 17.6 Å². The number of piperidine rings is 1. The smallest absolute Gasteiger partial charge is 0.330 e. The lowest BCUT2D eigenvalue weighted by Crippen LogP contribution is -2.45. The predicted molar refractivity (Wildman–Crippen MR) is 69.8 cm³/mol. The standard InChI is InChI=1S/C14H25F3N2/c15-14(16,17)12-3-5-13(6-4-12)19-9-1-2-11(10-19)7-8-18/h11-13H,1-10,18H2. The SMILES string of the molecule is NCCC1CCCN(C2CCC(C(F)(F)F)CC2)C1. The summed E-state index contributed by atoms with van der Waals surface area (Å²) in [5.41, 5.74) is 5.61. The van der Waals surface area contributed by atoms with E-state index < -0.39 is 12.1 Å². The maximum absolute atomic E-state index is 12.6. The number of alkyl halides is 3. The molecule has 1 saturated carbocycles. The van der Waals surface area contributed by atoms with Crippen LogP contribution in [-0.4, -0.2) is 36.8 Å². The minimum atomic E-state index is -3.99. The molecule has 2 nitrogen and oxygen atoms in total. The Balaban J connectivity index is 1.81. The van der Waals surface area contributed by atoms with Crippen LogP contribution in [0.5, 0.6) is 0 Å². The monoisotopic (exact) mass is 278 g/mol. The third-order valence-corrected chi connectivity index (χ3v) is 4.80. The van der Waals surface area contributed by atoms with Gasteiger partial charge in [0, 0.05) is 12.6 Å². The van der Waals surface area contributed by atoms with Gasteiger partial charge in [-0.2, -0.15) is 13.2 Å². The molecular weight excluding hydrogens is 253 g/mol. The third kappa shape index (κ3) is 4.09. The van der Waals surface area contributed by atoms with Crippen LogP contribution in [0.2, 0.25) is 0 Å². The molecule has 0 aromatic carbocycles. The van der Waals surface area contributed by atoms with E-state index in [0.717, 1.165) is 26.1 Å². The lowest BCUT2D eigenvalue weighted by atomic mass is 9.83. The van der Waals surface area contributed by atoms with E-state index in [1.54, 1.807) is 0 Å². The molecule has 2 aliphatic rings. The Morgan fingerprint density at radius 3 is 2.32 bits per heavy atom. The minimum Gasteiger partial charge on any atom is -0.330 e. The molecule has 0 spiro atoms. The van der Waals surface area contributed by atoms with Gasteiger partial charge in [0.1, 0.15) is 0 Å². The van der Waals surface area contributed by atoms with Crippen LogP contribution in [0.15, 0.2) is 0 Å². The Labute approximate surface area is 113 Å². The summed E-state index contributed by atoms with van der Waals surface area (Å²) in [7, 11) is 0. The molecule has 1 saturated heterocycles. The van der Waals surface area contributed by atoms with Gasteiger partial charge in [-0.25, -0.2) is 0 Å².